The minimum atomic E-state index is -0.0471. The second-order valence-electron chi connectivity index (χ2n) is 4.63. The summed E-state index contributed by atoms with van der Waals surface area (Å²) in [6.45, 7) is 4.36. The Balaban J connectivity index is 2.42. The number of nitrogens with one attached hydrogen (secondary N) is 1. The second kappa shape index (κ2) is 4.38. The third kappa shape index (κ3) is 2.11. The van der Waals surface area contributed by atoms with E-state index in [9.17, 15) is 0 Å². The Morgan fingerprint density at radius 3 is 2.94 bits per heavy atom. The summed E-state index contributed by atoms with van der Waals surface area (Å²) in [5.41, 5.74) is 1.21. The van der Waals surface area contributed by atoms with Crippen molar-refractivity contribution in [3.05, 3.63) is 28.2 Å². The number of halogens is 1. The van der Waals surface area contributed by atoms with Crippen LogP contribution in [0.25, 0.3) is 0 Å². The lowest BCUT2D eigenvalue weighted by Gasteiger charge is -2.39. The van der Waals surface area contributed by atoms with Gasteiger partial charge in [0.2, 0.25) is 0 Å². The quantitative estimate of drug-likeness (QED) is 0.894. The van der Waals surface area contributed by atoms with E-state index in [0.29, 0.717) is 6.04 Å². The molecule has 0 amide bonds. The smallest absolute Gasteiger partial charge is 0.124 e. The van der Waals surface area contributed by atoms with Gasteiger partial charge in [-0.15, -0.1) is 0 Å². The van der Waals surface area contributed by atoms with E-state index in [-0.39, 0.29) is 5.60 Å². The number of hydrogen-bond acceptors (Lipinski definition) is 2. The minimum Gasteiger partial charge on any atom is -0.487 e. The van der Waals surface area contributed by atoms with Crippen LogP contribution < -0.4 is 10.1 Å². The molecule has 2 rings (SSSR count). The van der Waals surface area contributed by atoms with Crippen LogP contribution in [0.1, 0.15) is 38.3 Å². The Hall–Kier alpha value is -0.540. The van der Waals surface area contributed by atoms with E-state index in [1.807, 2.05) is 13.1 Å². The van der Waals surface area contributed by atoms with Crippen molar-refractivity contribution in [3.8, 4) is 5.75 Å². The summed E-state index contributed by atoms with van der Waals surface area (Å²) in [6, 6.07) is 6.61. The summed E-state index contributed by atoms with van der Waals surface area (Å²) in [5.74, 6) is 1.01. The summed E-state index contributed by atoms with van der Waals surface area (Å²) in [4.78, 5) is 0. The molecule has 2 atom stereocenters. The van der Waals surface area contributed by atoms with Crippen molar-refractivity contribution in [2.24, 2.45) is 0 Å². The molecule has 1 heterocycles. The van der Waals surface area contributed by atoms with Crippen LogP contribution in [0.3, 0.4) is 0 Å². The largest absolute Gasteiger partial charge is 0.487 e. The predicted molar refractivity (Wildman–Crippen MR) is 69.9 cm³/mol. The fourth-order valence-corrected chi connectivity index (χ4v) is 2.59. The van der Waals surface area contributed by atoms with Crippen LogP contribution in [0.2, 0.25) is 0 Å². The highest BCUT2D eigenvalue weighted by Gasteiger charge is 2.35. The Morgan fingerprint density at radius 2 is 2.31 bits per heavy atom. The van der Waals surface area contributed by atoms with Crippen molar-refractivity contribution in [2.75, 3.05) is 7.05 Å². The molecule has 1 N–H and O–H groups in total. The van der Waals surface area contributed by atoms with E-state index in [0.717, 1.165) is 23.1 Å². The van der Waals surface area contributed by atoms with E-state index < -0.39 is 0 Å². The molecule has 3 heteroatoms. The van der Waals surface area contributed by atoms with Gasteiger partial charge in [-0.3, -0.25) is 0 Å². The lowest BCUT2D eigenvalue weighted by Crippen LogP contribution is -2.40. The van der Waals surface area contributed by atoms with Gasteiger partial charge in [0.15, 0.2) is 0 Å². The Labute approximate surface area is 106 Å². The van der Waals surface area contributed by atoms with Crippen LogP contribution >= 0.6 is 15.9 Å². The predicted octanol–water partition coefficient (Wildman–Crippen LogP) is 3.66. The molecule has 0 spiro atoms. The van der Waals surface area contributed by atoms with Crippen molar-refractivity contribution in [1.82, 2.24) is 5.32 Å². The maximum atomic E-state index is 6.09. The van der Waals surface area contributed by atoms with Crippen molar-refractivity contribution in [3.63, 3.8) is 0 Å². The number of fused-ring (bicyclic) bond motifs is 1. The molecule has 0 aliphatic carbocycles. The Kier molecular flexibility index (Phi) is 3.27. The molecule has 1 aromatic carbocycles. The van der Waals surface area contributed by atoms with Crippen molar-refractivity contribution >= 4 is 15.9 Å². The molecule has 2 unspecified atom stereocenters. The number of ether oxygens (including phenoxy) is 1. The summed E-state index contributed by atoms with van der Waals surface area (Å²) < 4.78 is 7.20. The van der Waals surface area contributed by atoms with Gasteiger partial charge in [-0.25, -0.2) is 0 Å². The molecule has 0 saturated heterocycles. The zero-order valence-corrected chi connectivity index (χ0v) is 11.6. The first-order valence-electron chi connectivity index (χ1n) is 5.74. The molecule has 1 aromatic rings. The maximum absolute atomic E-state index is 6.09. The third-order valence-electron chi connectivity index (χ3n) is 3.44. The monoisotopic (exact) mass is 283 g/mol. The van der Waals surface area contributed by atoms with Gasteiger partial charge in [0.1, 0.15) is 11.4 Å². The van der Waals surface area contributed by atoms with Crippen molar-refractivity contribution in [1.29, 1.82) is 0 Å². The molecule has 1 aliphatic rings. The van der Waals surface area contributed by atoms with Crippen LogP contribution in [-0.4, -0.2) is 12.6 Å². The maximum Gasteiger partial charge on any atom is 0.124 e. The molecule has 0 aromatic heterocycles. The molecular weight excluding hydrogens is 266 g/mol. The van der Waals surface area contributed by atoms with Crippen LogP contribution in [0.4, 0.5) is 0 Å². The topological polar surface area (TPSA) is 21.3 Å². The average Bonchev–Trinajstić information content (AvgIpc) is 2.29. The molecule has 0 fully saturated rings. The van der Waals surface area contributed by atoms with Gasteiger partial charge in [-0.1, -0.05) is 22.9 Å². The van der Waals surface area contributed by atoms with Crippen molar-refractivity contribution in [2.45, 2.75) is 38.3 Å². The summed E-state index contributed by atoms with van der Waals surface area (Å²) >= 11 is 3.51. The molecule has 1 aliphatic heterocycles. The van der Waals surface area contributed by atoms with Gasteiger partial charge >= 0.3 is 0 Å². The molecule has 0 radical (unpaired) electrons. The first-order valence-corrected chi connectivity index (χ1v) is 6.53. The Bertz CT molecular complexity index is 394. The van der Waals surface area contributed by atoms with E-state index in [1.165, 1.54) is 5.56 Å². The first-order chi connectivity index (χ1) is 7.58. The van der Waals surface area contributed by atoms with Gasteiger partial charge in [0.05, 0.1) is 0 Å². The van der Waals surface area contributed by atoms with Gasteiger partial charge in [0.25, 0.3) is 0 Å². The van der Waals surface area contributed by atoms with E-state index in [1.54, 1.807) is 0 Å². The SMILES string of the molecule is CCC1(C)CC(NC)c2cc(Br)ccc2O1. The van der Waals surface area contributed by atoms with E-state index >= 15 is 0 Å². The number of rotatable bonds is 2. The molecule has 0 bridgehead atoms. The van der Waals surface area contributed by atoms with E-state index in [2.05, 4.69) is 47.2 Å². The standard InChI is InChI=1S/C13H18BrNO/c1-4-13(2)8-11(15-3)10-7-9(14)5-6-12(10)16-13/h5-7,11,15H,4,8H2,1-3H3. The average molecular weight is 284 g/mol. The van der Waals surface area contributed by atoms with Crippen LogP contribution in [-0.2, 0) is 0 Å². The molecule has 88 valence electrons. The van der Waals surface area contributed by atoms with Gasteiger partial charge < -0.3 is 10.1 Å². The van der Waals surface area contributed by atoms with Gasteiger partial charge in [0, 0.05) is 22.5 Å². The van der Waals surface area contributed by atoms with E-state index in [4.69, 9.17) is 4.74 Å². The van der Waals surface area contributed by atoms with Gasteiger partial charge in [-0.2, -0.15) is 0 Å². The molecule has 2 nitrogen and oxygen atoms in total. The minimum absolute atomic E-state index is 0.0471. The van der Waals surface area contributed by atoms with Crippen LogP contribution in [0.5, 0.6) is 5.75 Å². The lowest BCUT2D eigenvalue weighted by molar-refractivity contribution is 0.0455. The summed E-state index contributed by atoms with van der Waals surface area (Å²) in [5, 5.41) is 3.38. The molecular formula is C13H18BrNO. The first kappa shape index (κ1) is 11.9. The highest BCUT2D eigenvalue weighted by molar-refractivity contribution is 9.10. The Morgan fingerprint density at radius 1 is 1.56 bits per heavy atom. The fraction of sp³-hybridized carbons (Fsp3) is 0.538. The van der Waals surface area contributed by atoms with Crippen molar-refractivity contribution < 1.29 is 4.74 Å². The highest BCUT2D eigenvalue weighted by Crippen LogP contribution is 2.41. The normalized spacial score (nSPS) is 28.4. The molecule has 16 heavy (non-hydrogen) atoms. The zero-order valence-electron chi connectivity index (χ0n) is 10.0. The van der Waals surface area contributed by atoms with Gasteiger partial charge in [-0.05, 0) is 38.6 Å². The molecule has 0 saturated carbocycles. The lowest BCUT2D eigenvalue weighted by atomic mass is 9.87. The number of benzene rings is 1. The zero-order chi connectivity index (χ0) is 11.8. The third-order valence-corrected chi connectivity index (χ3v) is 3.93. The fourth-order valence-electron chi connectivity index (χ4n) is 2.21. The second-order valence-corrected chi connectivity index (χ2v) is 5.55. The van der Waals surface area contributed by atoms with Crippen LogP contribution in [0, 0.1) is 0 Å². The summed E-state index contributed by atoms with van der Waals surface area (Å²) in [7, 11) is 2.01. The summed E-state index contributed by atoms with van der Waals surface area (Å²) in [6.07, 6.45) is 2.05. The highest BCUT2D eigenvalue weighted by atomic mass is 79.9. The van der Waals surface area contributed by atoms with Crippen LogP contribution in [0.15, 0.2) is 22.7 Å². The number of hydrogen-bond donors (Lipinski definition) is 1.